The van der Waals surface area contributed by atoms with Gasteiger partial charge in [0, 0.05) is 11.9 Å². The predicted molar refractivity (Wildman–Crippen MR) is 84.0 cm³/mol. The number of amides is 1. The van der Waals surface area contributed by atoms with Crippen molar-refractivity contribution in [3.63, 3.8) is 0 Å². The van der Waals surface area contributed by atoms with Gasteiger partial charge in [-0.25, -0.2) is 12.7 Å². The molecule has 1 aliphatic heterocycles. The molecule has 3 rings (SSSR count). The Morgan fingerprint density at radius 3 is 2.43 bits per heavy atom. The maximum atomic E-state index is 12.6. The van der Waals surface area contributed by atoms with Gasteiger partial charge in [-0.2, -0.15) is 0 Å². The van der Waals surface area contributed by atoms with Crippen LogP contribution in [0.25, 0.3) is 0 Å². The summed E-state index contributed by atoms with van der Waals surface area (Å²) in [6.45, 7) is 0.286. The van der Waals surface area contributed by atoms with Crippen molar-refractivity contribution in [2.24, 2.45) is 5.41 Å². The van der Waals surface area contributed by atoms with Gasteiger partial charge in [-0.15, -0.1) is 0 Å². The van der Waals surface area contributed by atoms with Crippen LogP contribution in [0.2, 0.25) is 0 Å². The first kappa shape index (κ1) is 15.0. The average Bonchev–Trinajstić information content (AvgIpc) is 2.70. The summed E-state index contributed by atoms with van der Waals surface area (Å²) < 4.78 is 26.3. The number of hydrogen-bond acceptors (Lipinski definition) is 3. The van der Waals surface area contributed by atoms with Crippen molar-refractivity contribution in [3.8, 4) is 0 Å². The van der Waals surface area contributed by atoms with Gasteiger partial charge in [-0.3, -0.25) is 4.79 Å². The Bertz CT molecular complexity index is 665. The first-order valence-corrected chi connectivity index (χ1v) is 9.78. The van der Waals surface area contributed by atoms with Crippen molar-refractivity contribution in [1.82, 2.24) is 4.31 Å². The second-order valence-corrected chi connectivity index (χ2v) is 8.40. The highest BCUT2D eigenvalue weighted by Crippen LogP contribution is 2.41. The van der Waals surface area contributed by atoms with Crippen LogP contribution in [0.5, 0.6) is 0 Å². The van der Waals surface area contributed by atoms with Crippen molar-refractivity contribution in [2.45, 2.75) is 37.0 Å². The van der Waals surface area contributed by atoms with Gasteiger partial charge in [0.05, 0.1) is 5.56 Å². The Hall–Kier alpha value is -0.880. The van der Waals surface area contributed by atoms with Crippen molar-refractivity contribution in [2.75, 3.05) is 11.9 Å². The third-order valence-electron chi connectivity index (χ3n) is 4.59. The van der Waals surface area contributed by atoms with E-state index in [0.717, 1.165) is 35.3 Å². The molecule has 1 aromatic carbocycles. The zero-order valence-electron chi connectivity index (χ0n) is 11.7. The molecule has 1 saturated carbocycles. The topological polar surface area (TPSA) is 54.5 Å². The number of sulfonamides is 1. The van der Waals surface area contributed by atoms with Crippen LogP contribution in [-0.2, 0) is 10.0 Å². The fraction of sp³-hybridized carbons (Fsp3) is 0.533. The summed E-state index contributed by atoms with van der Waals surface area (Å²) in [5.74, 6) is -0.378. The zero-order valence-corrected chi connectivity index (χ0v) is 14.1. The molecule has 114 valence electrons. The summed E-state index contributed by atoms with van der Waals surface area (Å²) in [6, 6.07) is 6.48. The summed E-state index contributed by atoms with van der Waals surface area (Å²) in [6.07, 6.45) is 5.32. The summed E-state index contributed by atoms with van der Waals surface area (Å²) >= 11 is 3.54. The number of hydrogen-bond donors (Lipinski definition) is 0. The number of rotatable bonds is 3. The van der Waals surface area contributed by atoms with Crippen LogP contribution in [0.15, 0.2) is 29.2 Å². The van der Waals surface area contributed by atoms with Crippen molar-refractivity contribution >= 4 is 31.9 Å². The largest absolute Gasteiger partial charge is 0.269 e. The molecule has 1 amide bonds. The van der Waals surface area contributed by atoms with Gasteiger partial charge in [-0.05, 0) is 30.4 Å². The van der Waals surface area contributed by atoms with Gasteiger partial charge in [0.1, 0.15) is 4.90 Å². The lowest BCUT2D eigenvalue weighted by Crippen LogP contribution is -2.43. The standard InChI is InChI=1S/C15H18BrNO3S/c16-10-15(8-4-1-5-9-15)11-17-14(18)12-6-2-3-7-13(12)21(17,19)20/h2-3,6-7H,1,4-5,8-11H2. The van der Waals surface area contributed by atoms with Gasteiger partial charge in [0.2, 0.25) is 0 Å². The molecule has 1 aromatic rings. The minimum Gasteiger partial charge on any atom is -0.268 e. The Morgan fingerprint density at radius 1 is 1.14 bits per heavy atom. The van der Waals surface area contributed by atoms with Crippen LogP contribution < -0.4 is 0 Å². The average molecular weight is 372 g/mol. The minimum atomic E-state index is -3.68. The molecule has 21 heavy (non-hydrogen) atoms. The molecule has 0 aromatic heterocycles. The number of alkyl halides is 1. The SMILES string of the molecule is O=C1c2ccccc2S(=O)(=O)N1CC1(CBr)CCCCC1. The number of carbonyl (C=O) groups is 1. The second kappa shape index (κ2) is 5.39. The minimum absolute atomic E-state index is 0.122. The quantitative estimate of drug-likeness (QED) is 0.766. The normalized spacial score (nSPS) is 23.1. The number of benzene rings is 1. The molecule has 1 heterocycles. The lowest BCUT2D eigenvalue weighted by atomic mass is 9.75. The molecule has 0 spiro atoms. The monoisotopic (exact) mass is 371 g/mol. The lowest BCUT2D eigenvalue weighted by Gasteiger charge is -2.38. The molecule has 6 heteroatoms. The van der Waals surface area contributed by atoms with Crippen molar-refractivity contribution in [1.29, 1.82) is 0 Å². The van der Waals surface area contributed by atoms with Gasteiger partial charge in [0.15, 0.2) is 0 Å². The highest BCUT2D eigenvalue weighted by Gasteiger charge is 2.45. The summed E-state index contributed by atoms with van der Waals surface area (Å²) in [4.78, 5) is 12.6. The predicted octanol–water partition coefficient (Wildman–Crippen LogP) is 3.18. The molecule has 4 nitrogen and oxygen atoms in total. The van der Waals surface area contributed by atoms with Crippen LogP contribution >= 0.6 is 15.9 Å². The van der Waals surface area contributed by atoms with E-state index in [-0.39, 0.29) is 22.8 Å². The number of fused-ring (bicyclic) bond motifs is 1. The molecule has 0 atom stereocenters. The van der Waals surface area contributed by atoms with E-state index in [9.17, 15) is 13.2 Å². The molecular formula is C15H18BrNO3S. The molecule has 0 saturated heterocycles. The number of nitrogens with zero attached hydrogens (tertiary/aromatic N) is 1. The Kier molecular flexibility index (Phi) is 3.86. The van der Waals surface area contributed by atoms with Gasteiger partial charge >= 0.3 is 0 Å². The van der Waals surface area contributed by atoms with Gasteiger partial charge in [0.25, 0.3) is 15.9 Å². The summed E-state index contributed by atoms with van der Waals surface area (Å²) in [5.41, 5.74) is 0.182. The second-order valence-electron chi connectivity index (χ2n) is 6.01. The van der Waals surface area contributed by atoms with E-state index in [2.05, 4.69) is 15.9 Å². The van der Waals surface area contributed by atoms with E-state index in [1.54, 1.807) is 18.2 Å². The highest BCUT2D eigenvalue weighted by atomic mass is 79.9. The molecular weight excluding hydrogens is 354 g/mol. The van der Waals surface area contributed by atoms with E-state index >= 15 is 0 Å². The smallest absolute Gasteiger partial charge is 0.268 e. The fourth-order valence-corrected chi connectivity index (χ4v) is 5.75. The Morgan fingerprint density at radius 2 is 1.81 bits per heavy atom. The first-order chi connectivity index (χ1) is 10.0. The van der Waals surface area contributed by atoms with E-state index in [1.807, 2.05) is 0 Å². The van der Waals surface area contributed by atoms with E-state index < -0.39 is 10.0 Å². The third-order valence-corrected chi connectivity index (χ3v) is 7.57. The third kappa shape index (κ3) is 2.42. The zero-order chi connectivity index (χ0) is 15.1. The number of halogens is 1. The van der Waals surface area contributed by atoms with E-state index in [0.29, 0.717) is 5.56 Å². The first-order valence-electron chi connectivity index (χ1n) is 7.22. The van der Waals surface area contributed by atoms with Crippen molar-refractivity contribution < 1.29 is 13.2 Å². The Balaban J connectivity index is 1.95. The summed E-state index contributed by atoms with van der Waals surface area (Å²) in [5, 5.41) is 0.732. The van der Waals surface area contributed by atoms with Crippen LogP contribution in [0, 0.1) is 5.41 Å². The number of carbonyl (C=O) groups excluding carboxylic acids is 1. The molecule has 0 unspecified atom stereocenters. The maximum absolute atomic E-state index is 12.6. The molecule has 0 bridgehead atoms. The highest BCUT2D eigenvalue weighted by molar-refractivity contribution is 9.09. The van der Waals surface area contributed by atoms with Crippen LogP contribution in [-0.4, -0.2) is 30.5 Å². The lowest BCUT2D eigenvalue weighted by molar-refractivity contribution is 0.0801. The van der Waals surface area contributed by atoms with Gasteiger partial charge < -0.3 is 0 Å². The molecule has 0 N–H and O–H groups in total. The molecule has 0 radical (unpaired) electrons. The maximum Gasteiger partial charge on any atom is 0.269 e. The molecule has 2 aliphatic rings. The van der Waals surface area contributed by atoms with Crippen LogP contribution in [0.4, 0.5) is 0 Å². The van der Waals surface area contributed by atoms with E-state index in [4.69, 9.17) is 0 Å². The molecule has 1 aliphatic carbocycles. The molecule has 1 fully saturated rings. The Labute approximate surface area is 133 Å². The van der Waals surface area contributed by atoms with Crippen molar-refractivity contribution in [3.05, 3.63) is 29.8 Å². The fourth-order valence-electron chi connectivity index (χ4n) is 3.33. The van der Waals surface area contributed by atoms with Crippen LogP contribution in [0.3, 0.4) is 0 Å². The van der Waals surface area contributed by atoms with E-state index in [1.165, 1.54) is 12.5 Å². The van der Waals surface area contributed by atoms with Crippen LogP contribution in [0.1, 0.15) is 42.5 Å². The van der Waals surface area contributed by atoms with Gasteiger partial charge in [-0.1, -0.05) is 47.3 Å². The summed E-state index contributed by atoms with van der Waals surface area (Å²) in [7, 11) is -3.68.